The van der Waals surface area contributed by atoms with Crippen LogP contribution >= 0.6 is 0 Å². The second-order valence-corrected chi connectivity index (χ2v) is 10.6. The second-order valence-electron chi connectivity index (χ2n) is 8.70. The Morgan fingerprint density at radius 2 is 1.64 bits per heavy atom. The van der Waals surface area contributed by atoms with Crippen LogP contribution in [0.15, 0.2) is 71.6 Å². The van der Waals surface area contributed by atoms with Crippen molar-refractivity contribution in [1.29, 1.82) is 0 Å². The molecule has 0 spiro atoms. The maximum absolute atomic E-state index is 13.8. The Kier molecular flexibility index (Phi) is 6.68. The summed E-state index contributed by atoms with van der Waals surface area (Å²) in [7, 11) is -3.87. The molecule has 3 aromatic carbocycles. The Hall–Kier alpha value is -2.96. The Balaban J connectivity index is 1.64. The highest BCUT2D eigenvalue weighted by molar-refractivity contribution is 7.89. The van der Waals surface area contributed by atoms with Gasteiger partial charge in [-0.05, 0) is 66.1 Å². The summed E-state index contributed by atoms with van der Waals surface area (Å²) < 4.78 is 28.9. The SMILES string of the molecule is CCc1ccc(CNC(=O)[C@H]2Cc3ccccc3CN2S(=O)(=O)c2cc(C)ccc2C)cc1. The molecule has 0 radical (unpaired) electrons. The lowest BCUT2D eigenvalue weighted by Crippen LogP contribution is -2.52. The average molecular weight is 463 g/mol. The number of benzene rings is 3. The Morgan fingerprint density at radius 1 is 0.970 bits per heavy atom. The van der Waals surface area contributed by atoms with Crippen molar-refractivity contribution in [2.24, 2.45) is 0 Å². The average Bonchev–Trinajstić information content (AvgIpc) is 2.83. The summed E-state index contributed by atoms with van der Waals surface area (Å²) in [6.07, 6.45) is 1.31. The largest absolute Gasteiger partial charge is 0.351 e. The summed E-state index contributed by atoms with van der Waals surface area (Å²) in [5.74, 6) is -0.280. The van der Waals surface area contributed by atoms with Crippen molar-refractivity contribution in [2.45, 2.75) is 57.6 Å². The van der Waals surface area contributed by atoms with Crippen LogP contribution in [-0.2, 0) is 40.7 Å². The minimum atomic E-state index is -3.87. The molecule has 33 heavy (non-hydrogen) atoms. The standard InChI is InChI=1S/C27H30N2O3S/c1-4-21-11-13-22(14-12-21)17-28-27(30)25-16-23-7-5-6-8-24(23)18-29(25)33(31,32)26-15-19(2)9-10-20(26)3/h5-15,25H,4,16-18H2,1-3H3,(H,28,30)/t25-/m1/s1. The Morgan fingerprint density at radius 3 is 2.33 bits per heavy atom. The molecule has 5 nitrogen and oxygen atoms in total. The number of sulfonamides is 1. The number of hydrogen-bond acceptors (Lipinski definition) is 3. The third-order valence-electron chi connectivity index (χ3n) is 6.34. The van der Waals surface area contributed by atoms with Gasteiger partial charge in [-0.2, -0.15) is 4.31 Å². The summed E-state index contributed by atoms with van der Waals surface area (Å²) in [4.78, 5) is 13.6. The number of carbonyl (C=O) groups excluding carboxylic acids is 1. The first-order valence-corrected chi connectivity index (χ1v) is 12.7. The van der Waals surface area contributed by atoms with Gasteiger partial charge in [0.1, 0.15) is 6.04 Å². The molecule has 1 heterocycles. The zero-order valence-corrected chi connectivity index (χ0v) is 20.2. The first-order valence-electron chi connectivity index (χ1n) is 11.3. The van der Waals surface area contributed by atoms with Crippen LogP contribution in [0.1, 0.15) is 40.3 Å². The van der Waals surface area contributed by atoms with Gasteiger partial charge in [-0.3, -0.25) is 4.79 Å². The summed E-state index contributed by atoms with van der Waals surface area (Å²) in [6, 6.07) is 20.4. The smallest absolute Gasteiger partial charge is 0.244 e. The van der Waals surface area contributed by atoms with Gasteiger partial charge >= 0.3 is 0 Å². The molecule has 0 bridgehead atoms. The molecule has 0 aromatic heterocycles. The third kappa shape index (κ3) is 4.87. The molecule has 1 atom stereocenters. The fourth-order valence-corrected chi connectivity index (χ4v) is 6.16. The van der Waals surface area contributed by atoms with Crippen molar-refractivity contribution in [2.75, 3.05) is 0 Å². The molecule has 1 N–H and O–H groups in total. The van der Waals surface area contributed by atoms with E-state index in [4.69, 9.17) is 0 Å². The van der Waals surface area contributed by atoms with E-state index >= 15 is 0 Å². The minimum absolute atomic E-state index is 0.176. The first kappa shape index (κ1) is 23.2. The van der Waals surface area contributed by atoms with Gasteiger partial charge in [0.05, 0.1) is 4.90 Å². The molecule has 6 heteroatoms. The molecule has 1 aliphatic rings. The number of nitrogens with zero attached hydrogens (tertiary/aromatic N) is 1. The van der Waals surface area contributed by atoms with E-state index in [0.29, 0.717) is 18.5 Å². The van der Waals surface area contributed by atoms with Gasteiger partial charge in [-0.15, -0.1) is 0 Å². The fraction of sp³-hybridized carbons (Fsp3) is 0.296. The lowest BCUT2D eigenvalue weighted by molar-refractivity contribution is -0.125. The van der Waals surface area contributed by atoms with Crippen LogP contribution in [-0.4, -0.2) is 24.7 Å². The summed E-state index contributed by atoms with van der Waals surface area (Å²) >= 11 is 0. The lowest BCUT2D eigenvalue weighted by Gasteiger charge is -2.35. The van der Waals surface area contributed by atoms with E-state index in [2.05, 4.69) is 24.4 Å². The lowest BCUT2D eigenvalue weighted by atomic mass is 9.95. The molecular weight excluding hydrogens is 432 g/mol. The molecule has 1 amide bonds. The van der Waals surface area contributed by atoms with Crippen molar-refractivity contribution < 1.29 is 13.2 Å². The fourth-order valence-electron chi connectivity index (χ4n) is 4.29. The highest BCUT2D eigenvalue weighted by atomic mass is 32.2. The van der Waals surface area contributed by atoms with Crippen molar-refractivity contribution >= 4 is 15.9 Å². The molecule has 0 saturated carbocycles. The highest BCUT2D eigenvalue weighted by Crippen LogP contribution is 2.31. The third-order valence-corrected chi connectivity index (χ3v) is 8.33. The molecule has 1 aliphatic heterocycles. The van der Waals surface area contributed by atoms with Gasteiger partial charge in [-0.25, -0.2) is 8.42 Å². The number of nitrogens with one attached hydrogen (secondary N) is 1. The van der Waals surface area contributed by atoms with Crippen LogP contribution in [0.2, 0.25) is 0 Å². The first-order chi connectivity index (χ1) is 15.8. The number of aryl methyl sites for hydroxylation is 3. The van der Waals surface area contributed by atoms with E-state index in [-0.39, 0.29) is 17.3 Å². The molecule has 0 unspecified atom stereocenters. The van der Waals surface area contributed by atoms with E-state index in [9.17, 15) is 13.2 Å². The molecule has 4 rings (SSSR count). The highest BCUT2D eigenvalue weighted by Gasteiger charge is 2.40. The monoisotopic (exact) mass is 462 g/mol. The summed E-state index contributed by atoms with van der Waals surface area (Å²) in [6.45, 7) is 6.30. The number of rotatable bonds is 6. The predicted molar refractivity (Wildman–Crippen MR) is 130 cm³/mol. The van der Waals surface area contributed by atoms with Gasteiger partial charge in [0.15, 0.2) is 0 Å². The molecule has 0 aliphatic carbocycles. The normalized spacial score (nSPS) is 16.3. The Bertz CT molecular complexity index is 1270. The molecule has 3 aromatic rings. The van der Waals surface area contributed by atoms with Gasteiger partial charge in [0.25, 0.3) is 0 Å². The molecule has 0 fully saturated rings. The molecule has 0 saturated heterocycles. The van der Waals surface area contributed by atoms with Crippen LogP contribution in [0, 0.1) is 13.8 Å². The van der Waals surface area contributed by atoms with Gasteiger partial charge < -0.3 is 5.32 Å². The topological polar surface area (TPSA) is 66.5 Å². The molecule has 172 valence electrons. The van der Waals surface area contributed by atoms with E-state index in [0.717, 1.165) is 28.7 Å². The van der Waals surface area contributed by atoms with E-state index in [1.165, 1.54) is 9.87 Å². The maximum Gasteiger partial charge on any atom is 0.244 e. The van der Waals surface area contributed by atoms with Crippen molar-refractivity contribution in [1.82, 2.24) is 9.62 Å². The van der Waals surface area contributed by atoms with Crippen LogP contribution in [0.25, 0.3) is 0 Å². The van der Waals surface area contributed by atoms with Crippen LogP contribution in [0.4, 0.5) is 0 Å². The van der Waals surface area contributed by atoms with Gasteiger partial charge in [0.2, 0.25) is 15.9 Å². The van der Waals surface area contributed by atoms with Crippen molar-refractivity contribution in [3.63, 3.8) is 0 Å². The summed E-state index contributed by atoms with van der Waals surface area (Å²) in [5.41, 5.74) is 5.71. The van der Waals surface area contributed by atoms with Crippen LogP contribution < -0.4 is 5.32 Å². The number of carbonyl (C=O) groups is 1. The van der Waals surface area contributed by atoms with Gasteiger partial charge in [0, 0.05) is 13.1 Å². The van der Waals surface area contributed by atoms with Crippen molar-refractivity contribution in [3.8, 4) is 0 Å². The summed E-state index contributed by atoms with van der Waals surface area (Å²) in [5, 5.41) is 2.97. The second kappa shape index (κ2) is 9.49. The van der Waals surface area contributed by atoms with Crippen molar-refractivity contribution in [3.05, 3.63) is 100 Å². The number of hydrogen-bond donors (Lipinski definition) is 1. The van der Waals surface area contributed by atoms with Crippen LogP contribution in [0.5, 0.6) is 0 Å². The number of fused-ring (bicyclic) bond motifs is 1. The maximum atomic E-state index is 13.8. The molecular formula is C27H30N2O3S. The number of amides is 1. The van der Waals surface area contributed by atoms with E-state index < -0.39 is 16.1 Å². The predicted octanol–water partition coefficient (Wildman–Crippen LogP) is 4.30. The van der Waals surface area contributed by atoms with Crippen LogP contribution in [0.3, 0.4) is 0 Å². The van der Waals surface area contributed by atoms with E-state index in [1.54, 1.807) is 13.0 Å². The zero-order chi connectivity index (χ0) is 23.6. The van der Waals surface area contributed by atoms with Gasteiger partial charge in [-0.1, -0.05) is 67.6 Å². The minimum Gasteiger partial charge on any atom is -0.351 e. The quantitative estimate of drug-likeness (QED) is 0.594. The van der Waals surface area contributed by atoms with E-state index in [1.807, 2.05) is 55.5 Å². The Labute approximate surface area is 196 Å². The zero-order valence-electron chi connectivity index (χ0n) is 19.3.